The normalized spacial score (nSPS) is 10.3. The summed E-state index contributed by atoms with van der Waals surface area (Å²) in [6, 6.07) is 1.93. The summed E-state index contributed by atoms with van der Waals surface area (Å²) in [6.07, 6.45) is 4.39. The Labute approximate surface area is 100 Å². The third kappa shape index (κ3) is 2.55. The Morgan fingerprint density at radius 2 is 1.82 bits per heavy atom. The fraction of sp³-hybridized carbons (Fsp3) is 0.333. The van der Waals surface area contributed by atoms with Crippen LogP contribution in [-0.4, -0.2) is 27.0 Å². The first kappa shape index (κ1) is 11.4. The fourth-order valence-corrected chi connectivity index (χ4v) is 1.41. The van der Waals surface area contributed by atoms with Gasteiger partial charge in [0.05, 0.1) is 0 Å². The van der Waals surface area contributed by atoms with Gasteiger partial charge in [-0.3, -0.25) is 0 Å². The topological polar surface area (TPSA) is 63.6 Å². The first-order valence-corrected chi connectivity index (χ1v) is 5.57. The molecule has 2 heterocycles. The molecule has 17 heavy (non-hydrogen) atoms. The van der Waals surface area contributed by atoms with E-state index in [1.54, 1.807) is 12.4 Å². The third-order valence-corrected chi connectivity index (χ3v) is 2.38. The van der Waals surface area contributed by atoms with Gasteiger partial charge in [-0.05, 0) is 18.9 Å². The van der Waals surface area contributed by atoms with Crippen LogP contribution in [0.5, 0.6) is 0 Å². The number of nitrogens with zero attached hydrogens (tertiary/aromatic N) is 4. The van der Waals surface area contributed by atoms with Gasteiger partial charge in [-0.25, -0.2) is 19.9 Å². The third-order valence-electron chi connectivity index (χ3n) is 2.38. The lowest BCUT2D eigenvalue weighted by molar-refractivity contribution is 0.981. The number of aromatic nitrogens is 4. The maximum atomic E-state index is 4.42. The average molecular weight is 229 g/mol. The van der Waals surface area contributed by atoms with Crippen molar-refractivity contribution in [2.45, 2.75) is 20.3 Å². The Morgan fingerprint density at radius 1 is 1.12 bits per heavy atom. The molecule has 0 fully saturated rings. The molecule has 0 aliphatic carbocycles. The van der Waals surface area contributed by atoms with Crippen molar-refractivity contribution in [1.82, 2.24) is 19.9 Å². The van der Waals surface area contributed by atoms with Gasteiger partial charge in [-0.1, -0.05) is 6.92 Å². The zero-order valence-corrected chi connectivity index (χ0v) is 10.2. The maximum absolute atomic E-state index is 4.42. The second-order valence-electron chi connectivity index (χ2n) is 3.76. The predicted molar refractivity (Wildman–Crippen MR) is 66.7 cm³/mol. The Kier molecular flexibility index (Phi) is 3.27. The van der Waals surface area contributed by atoms with Gasteiger partial charge in [-0.2, -0.15) is 0 Å². The van der Waals surface area contributed by atoms with Crippen LogP contribution in [0.2, 0.25) is 0 Å². The summed E-state index contributed by atoms with van der Waals surface area (Å²) in [5.74, 6) is 1.91. The zero-order chi connectivity index (χ0) is 12.3. The van der Waals surface area contributed by atoms with Gasteiger partial charge in [0.25, 0.3) is 0 Å². The predicted octanol–water partition coefficient (Wildman–Crippen LogP) is 1.85. The van der Waals surface area contributed by atoms with Crippen molar-refractivity contribution < 1.29 is 0 Å². The second-order valence-corrected chi connectivity index (χ2v) is 3.76. The average Bonchev–Trinajstić information content (AvgIpc) is 2.39. The summed E-state index contributed by atoms with van der Waals surface area (Å²) in [5.41, 5.74) is 2.00. The van der Waals surface area contributed by atoms with Gasteiger partial charge >= 0.3 is 0 Å². The first-order chi connectivity index (χ1) is 8.22. The number of hydrogen-bond donors (Lipinski definition) is 1. The molecule has 2 aromatic rings. The van der Waals surface area contributed by atoms with Gasteiger partial charge in [0.1, 0.15) is 5.82 Å². The van der Waals surface area contributed by atoms with Crippen LogP contribution < -0.4 is 5.32 Å². The number of rotatable bonds is 3. The molecule has 0 aliphatic rings. The van der Waals surface area contributed by atoms with E-state index in [0.29, 0.717) is 11.6 Å². The van der Waals surface area contributed by atoms with Gasteiger partial charge in [0.2, 0.25) is 0 Å². The first-order valence-electron chi connectivity index (χ1n) is 5.57. The van der Waals surface area contributed by atoms with Crippen LogP contribution in [0.1, 0.15) is 18.2 Å². The molecular formula is C12H15N5. The molecule has 0 aromatic carbocycles. The van der Waals surface area contributed by atoms with Crippen LogP contribution in [0, 0.1) is 6.92 Å². The van der Waals surface area contributed by atoms with Crippen LogP contribution in [0.15, 0.2) is 18.5 Å². The molecule has 0 amide bonds. The van der Waals surface area contributed by atoms with Crippen molar-refractivity contribution in [2.75, 3.05) is 12.4 Å². The number of nitrogens with one attached hydrogen (secondary N) is 1. The molecule has 0 unspecified atom stereocenters. The molecule has 0 aliphatic heterocycles. The highest BCUT2D eigenvalue weighted by Gasteiger charge is 2.07. The number of anilines is 1. The molecule has 2 aromatic heterocycles. The van der Waals surface area contributed by atoms with E-state index in [-0.39, 0.29) is 0 Å². The molecule has 5 heteroatoms. The van der Waals surface area contributed by atoms with E-state index in [2.05, 4.69) is 32.2 Å². The summed E-state index contributed by atoms with van der Waals surface area (Å²) in [6.45, 7) is 4.01. The van der Waals surface area contributed by atoms with Crippen molar-refractivity contribution >= 4 is 5.82 Å². The number of aryl methyl sites for hydroxylation is 2. The van der Waals surface area contributed by atoms with Crippen molar-refractivity contribution in [2.24, 2.45) is 0 Å². The van der Waals surface area contributed by atoms with Crippen molar-refractivity contribution in [3.05, 3.63) is 29.7 Å². The standard InChI is InChI=1S/C12H15N5/c1-4-9-5-10(13-3)17-12(16-9)11-14-6-8(2)7-15-11/h5-7H,4H2,1-3H3,(H,13,16,17). The minimum Gasteiger partial charge on any atom is -0.373 e. The molecule has 0 saturated heterocycles. The minimum absolute atomic E-state index is 0.558. The van der Waals surface area contributed by atoms with Gasteiger partial charge in [-0.15, -0.1) is 0 Å². The highest BCUT2D eigenvalue weighted by atomic mass is 15.0. The molecule has 0 bridgehead atoms. The van der Waals surface area contributed by atoms with E-state index >= 15 is 0 Å². The second kappa shape index (κ2) is 4.86. The quantitative estimate of drug-likeness (QED) is 0.870. The van der Waals surface area contributed by atoms with Crippen LogP contribution in [-0.2, 0) is 6.42 Å². The van der Waals surface area contributed by atoms with Crippen molar-refractivity contribution in [3.63, 3.8) is 0 Å². The lowest BCUT2D eigenvalue weighted by atomic mass is 10.3. The fourth-order valence-electron chi connectivity index (χ4n) is 1.41. The molecule has 0 radical (unpaired) electrons. The summed E-state index contributed by atoms with van der Waals surface area (Å²) in [4.78, 5) is 17.2. The monoisotopic (exact) mass is 229 g/mol. The minimum atomic E-state index is 0.558. The van der Waals surface area contributed by atoms with E-state index < -0.39 is 0 Å². The Balaban J connectivity index is 2.46. The van der Waals surface area contributed by atoms with Crippen molar-refractivity contribution in [3.8, 4) is 11.6 Å². The SMILES string of the molecule is CCc1cc(NC)nc(-c2ncc(C)cn2)n1. The van der Waals surface area contributed by atoms with Gasteiger partial charge in [0, 0.05) is 31.2 Å². The molecule has 1 N–H and O–H groups in total. The Bertz CT molecular complexity index is 485. The summed E-state index contributed by atoms with van der Waals surface area (Å²) in [5, 5.41) is 3.02. The highest BCUT2D eigenvalue weighted by molar-refractivity contribution is 5.48. The summed E-state index contributed by atoms with van der Waals surface area (Å²) < 4.78 is 0. The van der Waals surface area contributed by atoms with Crippen LogP contribution >= 0.6 is 0 Å². The van der Waals surface area contributed by atoms with E-state index in [9.17, 15) is 0 Å². The lowest BCUT2D eigenvalue weighted by Gasteiger charge is -2.05. The van der Waals surface area contributed by atoms with E-state index in [0.717, 1.165) is 23.5 Å². The largest absolute Gasteiger partial charge is 0.373 e. The molecule has 88 valence electrons. The summed E-state index contributed by atoms with van der Waals surface area (Å²) in [7, 11) is 1.83. The van der Waals surface area contributed by atoms with Crippen LogP contribution in [0.25, 0.3) is 11.6 Å². The maximum Gasteiger partial charge on any atom is 0.199 e. The van der Waals surface area contributed by atoms with Crippen molar-refractivity contribution in [1.29, 1.82) is 0 Å². The molecule has 0 spiro atoms. The smallest absolute Gasteiger partial charge is 0.199 e. The number of hydrogen-bond acceptors (Lipinski definition) is 5. The lowest BCUT2D eigenvalue weighted by Crippen LogP contribution is -2.02. The van der Waals surface area contributed by atoms with E-state index in [4.69, 9.17) is 0 Å². The Morgan fingerprint density at radius 3 is 2.41 bits per heavy atom. The van der Waals surface area contributed by atoms with Crippen LogP contribution in [0.3, 0.4) is 0 Å². The molecule has 5 nitrogen and oxygen atoms in total. The molecule has 0 atom stereocenters. The summed E-state index contributed by atoms with van der Waals surface area (Å²) >= 11 is 0. The zero-order valence-electron chi connectivity index (χ0n) is 10.2. The molecular weight excluding hydrogens is 214 g/mol. The highest BCUT2D eigenvalue weighted by Crippen LogP contribution is 2.14. The van der Waals surface area contributed by atoms with Gasteiger partial charge < -0.3 is 5.32 Å². The van der Waals surface area contributed by atoms with E-state index in [1.807, 2.05) is 20.0 Å². The van der Waals surface area contributed by atoms with Crippen LogP contribution in [0.4, 0.5) is 5.82 Å². The molecule has 2 rings (SSSR count). The van der Waals surface area contributed by atoms with E-state index in [1.165, 1.54) is 0 Å². The van der Waals surface area contributed by atoms with Gasteiger partial charge in [0.15, 0.2) is 11.6 Å². The molecule has 0 saturated carbocycles. The Hall–Kier alpha value is -2.04.